The molecule has 18 heavy (non-hydrogen) atoms. The zero-order valence-corrected chi connectivity index (χ0v) is 11.4. The van der Waals surface area contributed by atoms with Crippen molar-refractivity contribution >= 4 is 11.3 Å². The summed E-state index contributed by atoms with van der Waals surface area (Å²) in [4.78, 5) is 0. The van der Waals surface area contributed by atoms with E-state index in [9.17, 15) is 0 Å². The SMILES string of the molecule is CCn1cc(OCCNCCc2ccsc2)cn1. The molecule has 4 nitrogen and oxygen atoms in total. The van der Waals surface area contributed by atoms with E-state index in [0.29, 0.717) is 6.61 Å². The largest absolute Gasteiger partial charge is 0.489 e. The predicted molar refractivity (Wildman–Crippen MR) is 74.3 cm³/mol. The van der Waals surface area contributed by atoms with Crippen LogP contribution in [0.1, 0.15) is 12.5 Å². The van der Waals surface area contributed by atoms with Gasteiger partial charge in [0.05, 0.1) is 12.4 Å². The lowest BCUT2D eigenvalue weighted by molar-refractivity contribution is 0.314. The van der Waals surface area contributed by atoms with Crippen LogP contribution in [0.2, 0.25) is 0 Å². The molecule has 0 unspecified atom stereocenters. The highest BCUT2D eigenvalue weighted by molar-refractivity contribution is 7.07. The van der Waals surface area contributed by atoms with Crippen molar-refractivity contribution in [2.75, 3.05) is 19.7 Å². The van der Waals surface area contributed by atoms with Gasteiger partial charge in [0, 0.05) is 13.1 Å². The summed E-state index contributed by atoms with van der Waals surface area (Å²) in [7, 11) is 0. The highest BCUT2D eigenvalue weighted by Crippen LogP contribution is 2.07. The lowest BCUT2D eigenvalue weighted by atomic mass is 10.2. The van der Waals surface area contributed by atoms with Gasteiger partial charge in [0.2, 0.25) is 0 Å². The van der Waals surface area contributed by atoms with Gasteiger partial charge in [-0.2, -0.15) is 16.4 Å². The maximum absolute atomic E-state index is 5.58. The summed E-state index contributed by atoms with van der Waals surface area (Å²) < 4.78 is 7.44. The van der Waals surface area contributed by atoms with E-state index in [0.717, 1.165) is 31.8 Å². The van der Waals surface area contributed by atoms with E-state index in [1.54, 1.807) is 17.5 Å². The molecule has 2 aromatic rings. The number of hydrogen-bond acceptors (Lipinski definition) is 4. The molecule has 0 aliphatic rings. The molecule has 0 saturated carbocycles. The van der Waals surface area contributed by atoms with Crippen molar-refractivity contribution in [1.29, 1.82) is 0 Å². The Kier molecular flexibility index (Phi) is 5.23. The first-order valence-electron chi connectivity index (χ1n) is 6.25. The maximum Gasteiger partial charge on any atom is 0.157 e. The normalized spacial score (nSPS) is 10.7. The Labute approximate surface area is 112 Å². The topological polar surface area (TPSA) is 39.1 Å². The molecule has 0 bridgehead atoms. The van der Waals surface area contributed by atoms with Gasteiger partial charge in [0.15, 0.2) is 5.75 Å². The summed E-state index contributed by atoms with van der Waals surface area (Å²) in [5, 5.41) is 11.8. The Hall–Kier alpha value is -1.33. The number of aryl methyl sites for hydroxylation is 1. The lowest BCUT2D eigenvalue weighted by Gasteiger charge is -2.05. The van der Waals surface area contributed by atoms with Gasteiger partial charge < -0.3 is 10.1 Å². The number of rotatable bonds is 8. The van der Waals surface area contributed by atoms with E-state index in [4.69, 9.17) is 4.74 Å². The molecule has 0 amide bonds. The standard InChI is InChI=1S/C13H19N3OS/c1-2-16-10-13(9-15-16)17-7-6-14-5-3-12-4-8-18-11-12/h4,8-11,14H,2-3,5-7H2,1H3. The summed E-state index contributed by atoms with van der Waals surface area (Å²) in [5.41, 5.74) is 1.40. The van der Waals surface area contributed by atoms with Crippen LogP contribution in [-0.2, 0) is 13.0 Å². The first-order chi connectivity index (χ1) is 8.88. The number of nitrogens with zero attached hydrogens (tertiary/aromatic N) is 2. The summed E-state index contributed by atoms with van der Waals surface area (Å²) in [6, 6.07) is 2.17. The molecule has 0 atom stereocenters. The van der Waals surface area contributed by atoms with Crippen LogP contribution >= 0.6 is 11.3 Å². The fourth-order valence-corrected chi connectivity index (χ4v) is 2.33. The van der Waals surface area contributed by atoms with Gasteiger partial charge in [-0.05, 0) is 42.3 Å². The molecule has 2 rings (SSSR count). The predicted octanol–water partition coefficient (Wildman–Crippen LogP) is 2.18. The molecule has 0 radical (unpaired) electrons. The Bertz CT molecular complexity index is 439. The van der Waals surface area contributed by atoms with Crippen LogP contribution in [0.5, 0.6) is 5.75 Å². The van der Waals surface area contributed by atoms with E-state index in [1.165, 1.54) is 5.56 Å². The number of ether oxygens (including phenoxy) is 1. The van der Waals surface area contributed by atoms with Gasteiger partial charge in [-0.3, -0.25) is 4.68 Å². The molecule has 0 aliphatic heterocycles. The van der Waals surface area contributed by atoms with Crippen LogP contribution in [0.4, 0.5) is 0 Å². The molecule has 0 saturated heterocycles. The number of thiophene rings is 1. The fourth-order valence-electron chi connectivity index (χ4n) is 1.63. The van der Waals surface area contributed by atoms with E-state index >= 15 is 0 Å². The van der Waals surface area contributed by atoms with Gasteiger partial charge in [0.1, 0.15) is 6.61 Å². The quantitative estimate of drug-likeness (QED) is 0.744. The Balaban J connectivity index is 1.53. The van der Waals surface area contributed by atoms with Crippen molar-refractivity contribution in [3.63, 3.8) is 0 Å². The molecular formula is C13H19N3OS. The highest BCUT2D eigenvalue weighted by Gasteiger charge is 1.97. The van der Waals surface area contributed by atoms with Crippen molar-refractivity contribution in [2.24, 2.45) is 0 Å². The molecule has 0 spiro atoms. The van der Waals surface area contributed by atoms with Crippen LogP contribution in [0.15, 0.2) is 29.2 Å². The zero-order valence-electron chi connectivity index (χ0n) is 10.6. The molecule has 2 heterocycles. The Morgan fingerprint density at radius 2 is 2.39 bits per heavy atom. The molecule has 0 aromatic carbocycles. The average Bonchev–Trinajstić information content (AvgIpc) is 3.04. The van der Waals surface area contributed by atoms with Crippen LogP contribution in [0, 0.1) is 0 Å². The van der Waals surface area contributed by atoms with Gasteiger partial charge >= 0.3 is 0 Å². The average molecular weight is 265 g/mol. The third-order valence-corrected chi connectivity index (χ3v) is 3.38. The molecular weight excluding hydrogens is 246 g/mol. The first-order valence-corrected chi connectivity index (χ1v) is 7.20. The van der Waals surface area contributed by atoms with Gasteiger partial charge in [-0.25, -0.2) is 0 Å². The lowest BCUT2D eigenvalue weighted by Crippen LogP contribution is -2.23. The van der Waals surface area contributed by atoms with Crippen LogP contribution in [0.3, 0.4) is 0 Å². The summed E-state index contributed by atoms with van der Waals surface area (Å²) in [5.74, 6) is 0.844. The zero-order chi connectivity index (χ0) is 12.6. The highest BCUT2D eigenvalue weighted by atomic mass is 32.1. The van der Waals surface area contributed by atoms with E-state index < -0.39 is 0 Å². The Morgan fingerprint density at radius 1 is 1.44 bits per heavy atom. The van der Waals surface area contributed by atoms with E-state index in [2.05, 4.69) is 34.2 Å². The summed E-state index contributed by atoms with van der Waals surface area (Å²) in [6.07, 6.45) is 4.76. The minimum atomic E-state index is 0.680. The van der Waals surface area contributed by atoms with Crippen LogP contribution in [-0.4, -0.2) is 29.5 Å². The first kappa shape index (κ1) is 13.1. The molecule has 2 aromatic heterocycles. The summed E-state index contributed by atoms with van der Waals surface area (Å²) >= 11 is 1.75. The van der Waals surface area contributed by atoms with Crippen molar-refractivity contribution in [2.45, 2.75) is 19.9 Å². The minimum Gasteiger partial charge on any atom is -0.489 e. The number of nitrogens with one attached hydrogen (secondary N) is 1. The minimum absolute atomic E-state index is 0.680. The smallest absolute Gasteiger partial charge is 0.157 e. The fraction of sp³-hybridized carbons (Fsp3) is 0.462. The third kappa shape index (κ3) is 4.16. The number of hydrogen-bond donors (Lipinski definition) is 1. The van der Waals surface area contributed by atoms with Crippen molar-refractivity contribution in [3.05, 3.63) is 34.8 Å². The van der Waals surface area contributed by atoms with Gasteiger partial charge in [0.25, 0.3) is 0 Å². The van der Waals surface area contributed by atoms with Crippen molar-refractivity contribution < 1.29 is 4.74 Å². The number of aromatic nitrogens is 2. The van der Waals surface area contributed by atoms with Crippen molar-refractivity contribution in [1.82, 2.24) is 15.1 Å². The van der Waals surface area contributed by atoms with E-state index in [-0.39, 0.29) is 0 Å². The van der Waals surface area contributed by atoms with E-state index in [1.807, 2.05) is 10.9 Å². The van der Waals surface area contributed by atoms with Crippen molar-refractivity contribution in [3.8, 4) is 5.75 Å². The second kappa shape index (κ2) is 7.18. The van der Waals surface area contributed by atoms with Crippen LogP contribution in [0.25, 0.3) is 0 Å². The Morgan fingerprint density at radius 3 is 3.11 bits per heavy atom. The third-order valence-electron chi connectivity index (χ3n) is 2.65. The summed E-state index contributed by atoms with van der Waals surface area (Å²) in [6.45, 7) is 5.47. The van der Waals surface area contributed by atoms with Gasteiger partial charge in [-0.1, -0.05) is 0 Å². The monoisotopic (exact) mass is 265 g/mol. The van der Waals surface area contributed by atoms with Gasteiger partial charge in [-0.15, -0.1) is 0 Å². The maximum atomic E-state index is 5.58. The molecule has 0 aliphatic carbocycles. The molecule has 5 heteroatoms. The second-order valence-corrected chi connectivity index (χ2v) is 4.79. The molecule has 98 valence electrons. The van der Waals surface area contributed by atoms with Crippen LogP contribution < -0.4 is 10.1 Å². The second-order valence-electron chi connectivity index (χ2n) is 4.01. The molecule has 0 fully saturated rings. The molecule has 1 N–H and O–H groups in total.